The van der Waals surface area contributed by atoms with Crippen LogP contribution in [0.15, 0.2) is 29.6 Å². The van der Waals surface area contributed by atoms with E-state index in [0.29, 0.717) is 19.4 Å². The normalized spacial score (nSPS) is 19.4. The molecule has 0 spiro atoms. The first-order valence-corrected chi connectivity index (χ1v) is 12.5. The van der Waals surface area contributed by atoms with Crippen LogP contribution in [0, 0.1) is 6.92 Å². The van der Waals surface area contributed by atoms with Gasteiger partial charge in [-0.2, -0.15) is 0 Å². The number of hydrogen-bond donors (Lipinski definition) is 4. The Labute approximate surface area is 213 Å². The number of amides is 4. The highest BCUT2D eigenvalue weighted by atomic mass is 32.1. The number of aliphatic hydroxyl groups is 1. The maximum absolute atomic E-state index is 13.0. The summed E-state index contributed by atoms with van der Waals surface area (Å²) in [6, 6.07) is 4.14. The zero-order valence-electron chi connectivity index (χ0n) is 20.3. The number of carbonyl (C=O) groups excluding carboxylic acids is 4. The van der Waals surface area contributed by atoms with Gasteiger partial charge in [-0.3, -0.25) is 19.2 Å². The number of likely N-dealkylation sites (N-methyl/N-ethyl adjacent to an activating group) is 1. The molecule has 36 heavy (non-hydrogen) atoms. The van der Waals surface area contributed by atoms with Gasteiger partial charge in [0.25, 0.3) is 5.91 Å². The van der Waals surface area contributed by atoms with Crippen LogP contribution in [0.5, 0.6) is 5.75 Å². The van der Waals surface area contributed by atoms with Crippen molar-refractivity contribution in [3.8, 4) is 5.75 Å². The van der Waals surface area contributed by atoms with Crippen LogP contribution in [0.1, 0.15) is 33.9 Å². The molecule has 1 aromatic carbocycles. The maximum atomic E-state index is 13.0. The predicted molar refractivity (Wildman–Crippen MR) is 133 cm³/mol. The molecule has 0 aliphatic carbocycles. The second-order valence-electron chi connectivity index (χ2n) is 8.41. The van der Waals surface area contributed by atoms with E-state index in [1.807, 2.05) is 12.3 Å². The van der Waals surface area contributed by atoms with E-state index in [2.05, 4.69) is 20.9 Å². The maximum Gasteiger partial charge on any atom is 0.255 e. The Kier molecular flexibility index (Phi) is 9.77. The number of benzene rings is 1. The van der Waals surface area contributed by atoms with Crippen molar-refractivity contribution in [2.45, 2.75) is 38.3 Å². The summed E-state index contributed by atoms with van der Waals surface area (Å²) in [4.78, 5) is 57.0. The van der Waals surface area contributed by atoms with Crippen molar-refractivity contribution in [3.05, 3.63) is 45.9 Å². The molecule has 2 aromatic rings. The molecular weight excluding hydrogens is 486 g/mol. The van der Waals surface area contributed by atoms with Crippen LogP contribution in [0.4, 0.5) is 0 Å². The number of nitrogens with zero attached hydrogens (tertiary/aromatic N) is 2. The Morgan fingerprint density at radius 1 is 1.28 bits per heavy atom. The summed E-state index contributed by atoms with van der Waals surface area (Å²) >= 11 is 1.55. The molecule has 2 atom stereocenters. The van der Waals surface area contributed by atoms with Gasteiger partial charge in [-0.15, -0.1) is 11.3 Å². The Bertz CT molecular complexity index is 1090. The lowest BCUT2D eigenvalue weighted by molar-refractivity contribution is -0.137. The summed E-state index contributed by atoms with van der Waals surface area (Å²) in [7, 11) is 1.52. The zero-order chi connectivity index (χ0) is 26.1. The minimum atomic E-state index is -1.21. The average molecular weight is 518 g/mol. The number of thiazole rings is 1. The first-order chi connectivity index (χ1) is 17.3. The molecule has 0 saturated heterocycles. The van der Waals surface area contributed by atoms with Crippen molar-refractivity contribution < 1.29 is 29.0 Å². The number of fused-ring (bicyclic) bond motifs is 1. The number of ether oxygens (including phenoxy) is 1. The highest BCUT2D eigenvalue weighted by molar-refractivity contribution is 7.09. The third-order valence-corrected chi connectivity index (χ3v) is 6.58. The van der Waals surface area contributed by atoms with Crippen LogP contribution in [0.3, 0.4) is 0 Å². The molecule has 0 bridgehead atoms. The first-order valence-electron chi connectivity index (χ1n) is 11.6. The Hall–Kier alpha value is -3.51. The van der Waals surface area contributed by atoms with Gasteiger partial charge in [0.05, 0.1) is 30.1 Å². The van der Waals surface area contributed by atoms with Crippen LogP contribution in [0.2, 0.25) is 0 Å². The fraction of sp³-hybridized carbons (Fsp3) is 0.458. The topological polar surface area (TPSA) is 150 Å². The smallest absolute Gasteiger partial charge is 0.255 e. The fourth-order valence-corrected chi connectivity index (χ4v) is 4.43. The number of aliphatic hydroxyl groups excluding tert-OH is 1. The molecule has 3 rings (SSSR count). The molecule has 0 radical (unpaired) electrons. The van der Waals surface area contributed by atoms with E-state index in [9.17, 15) is 24.3 Å². The average Bonchev–Trinajstić information content (AvgIpc) is 3.28. The molecule has 2 heterocycles. The van der Waals surface area contributed by atoms with E-state index in [1.54, 1.807) is 35.6 Å². The van der Waals surface area contributed by atoms with Crippen LogP contribution < -0.4 is 20.7 Å². The lowest BCUT2D eigenvalue weighted by Gasteiger charge is -2.25. The van der Waals surface area contributed by atoms with Crippen molar-refractivity contribution in [1.29, 1.82) is 0 Å². The first kappa shape index (κ1) is 27.1. The van der Waals surface area contributed by atoms with E-state index in [0.717, 1.165) is 10.7 Å². The zero-order valence-corrected chi connectivity index (χ0v) is 21.1. The van der Waals surface area contributed by atoms with Gasteiger partial charge in [-0.25, -0.2) is 4.98 Å². The molecule has 194 valence electrons. The van der Waals surface area contributed by atoms with Crippen molar-refractivity contribution in [2.75, 3.05) is 33.4 Å². The minimum Gasteiger partial charge on any atom is -0.491 e. The summed E-state index contributed by atoms with van der Waals surface area (Å²) in [5, 5.41) is 20.4. The monoisotopic (exact) mass is 517 g/mol. The van der Waals surface area contributed by atoms with Crippen molar-refractivity contribution >= 4 is 35.0 Å². The molecule has 0 fully saturated rings. The highest BCUT2D eigenvalue weighted by Crippen LogP contribution is 2.18. The standard InChI is InChI=1S/C24H31N5O6S/c1-15-14-36-21(26-15)8-5-9-25-23(33)17-12-20(31)27-18(13-30)24(34)29(2)10-11-35-19-7-4-3-6-16(19)22(32)28-17/h3-4,6-7,14,17-18,30H,5,8-13H2,1-2H3,(H,25,33)(H,27,31)(H,28,32)/t17-,18-/m0/s1. The molecule has 12 heteroatoms. The Balaban J connectivity index is 1.74. The number of para-hydroxylation sites is 1. The summed E-state index contributed by atoms with van der Waals surface area (Å²) < 4.78 is 5.72. The van der Waals surface area contributed by atoms with E-state index in [1.165, 1.54) is 11.9 Å². The van der Waals surface area contributed by atoms with Crippen molar-refractivity contribution in [2.24, 2.45) is 0 Å². The number of carbonyl (C=O) groups is 4. The van der Waals surface area contributed by atoms with Gasteiger partial charge in [-0.05, 0) is 25.5 Å². The summed E-state index contributed by atoms with van der Waals surface area (Å²) in [6.45, 7) is 1.89. The molecular formula is C24H31N5O6S. The summed E-state index contributed by atoms with van der Waals surface area (Å²) in [5.41, 5.74) is 1.15. The largest absolute Gasteiger partial charge is 0.491 e. The van der Waals surface area contributed by atoms with Crippen molar-refractivity contribution in [3.63, 3.8) is 0 Å². The van der Waals surface area contributed by atoms with Gasteiger partial charge in [0, 0.05) is 31.1 Å². The van der Waals surface area contributed by atoms with E-state index in [-0.39, 0.29) is 24.5 Å². The van der Waals surface area contributed by atoms with Crippen LogP contribution in [0.25, 0.3) is 0 Å². The van der Waals surface area contributed by atoms with Gasteiger partial charge >= 0.3 is 0 Å². The van der Waals surface area contributed by atoms with Crippen LogP contribution in [-0.2, 0) is 20.8 Å². The highest BCUT2D eigenvalue weighted by Gasteiger charge is 2.29. The Morgan fingerprint density at radius 2 is 2.06 bits per heavy atom. The second kappa shape index (κ2) is 13.0. The van der Waals surface area contributed by atoms with Gasteiger partial charge in [0.1, 0.15) is 24.4 Å². The quantitative estimate of drug-likeness (QED) is 0.395. The molecule has 11 nitrogen and oxygen atoms in total. The van der Waals surface area contributed by atoms with Gasteiger partial charge in [-0.1, -0.05) is 12.1 Å². The summed E-state index contributed by atoms with van der Waals surface area (Å²) in [5.74, 6) is -1.98. The number of aryl methyl sites for hydroxylation is 2. The van der Waals surface area contributed by atoms with Gasteiger partial charge in [0.15, 0.2) is 0 Å². The fourth-order valence-electron chi connectivity index (χ4n) is 3.61. The molecule has 0 saturated carbocycles. The molecule has 4 amide bonds. The lowest BCUT2D eigenvalue weighted by Crippen LogP contribution is -2.53. The third kappa shape index (κ3) is 7.49. The second-order valence-corrected chi connectivity index (χ2v) is 9.36. The van der Waals surface area contributed by atoms with Gasteiger partial charge < -0.3 is 30.7 Å². The summed E-state index contributed by atoms with van der Waals surface area (Å²) in [6.07, 6.45) is 0.907. The molecule has 1 aliphatic heterocycles. The molecule has 4 N–H and O–H groups in total. The van der Waals surface area contributed by atoms with Gasteiger partial charge in [0.2, 0.25) is 17.7 Å². The number of nitrogens with one attached hydrogen (secondary N) is 3. The molecule has 1 aliphatic rings. The number of aromatic nitrogens is 1. The van der Waals surface area contributed by atoms with E-state index < -0.39 is 48.7 Å². The predicted octanol–water partition coefficient (Wildman–Crippen LogP) is 0.0169. The van der Waals surface area contributed by atoms with E-state index in [4.69, 9.17) is 4.74 Å². The molecule has 0 unspecified atom stereocenters. The lowest BCUT2D eigenvalue weighted by atomic mass is 10.1. The number of rotatable bonds is 6. The molecule has 1 aromatic heterocycles. The Morgan fingerprint density at radius 3 is 2.78 bits per heavy atom. The van der Waals surface area contributed by atoms with Crippen LogP contribution in [-0.4, -0.2) is 84.1 Å². The number of hydrogen-bond acceptors (Lipinski definition) is 8. The van der Waals surface area contributed by atoms with Crippen molar-refractivity contribution in [1.82, 2.24) is 25.8 Å². The third-order valence-electron chi connectivity index (χ3n) is 5.55. The van der Waals surface area contributed by atoms with Crippen LogP contribution >= 0.6 is 11.3 Å². The minimum absolute atomic E-state index is 0.0845. The van der Waals surface area contributed by atoms with E-state index >= 15 is 0 Å². The SMILES string of the molecule is Cc1csc(CCCNC(=O)[C@@H]2CC(=O)N[C@@H](CO)C(=O)N(C)CCOc3ccccc3C(=O)N2)n1.